The summed E-state index contributed by atoms with van der Waals surface area (Å²) in [7, 11) is 0. The maximum Gasteiger partial charge on any atom is 0.291 e. The summed E-state index contributed by atoms with van der Waals surface area (Å²) in [6, 6.07) is 19.1. The molecule has 1 aliphatic carbocycles. The fourth-order valence-corrected chi connectivity index (χ4v) is 3.42. The Balaban J connectivity index is 1.44. The first-order valence-electron chi connectivity index (χ1n) is 10.4. The van der Waals surface area contributed by atoms with Crippen molar-refractivity contribution in [3.63, 3.8) is 0 Å². The second-order valence-electron chi connectivity index (χ2n) is 8.07. The van der Waals surface area contributed by atoms with Gasteiger partial charge in [0, 0.05) is 23.8 Å². The Morgan fingerprint density at radius 1 is 1.03 bits per heavy atom. The van der Waals surface area contributed by atoms with Crippen molar-refractivity contribution in [1.82, 2.24) is 4.90 Å². The smallest absolute Gasteiger partial charge is 0.291 e. The van der Waals surface area contributed by atoms with Crippen molar-refractivity contribution < 1.29 is 14.0 Å². The summed E-state index contributed by atoms with van der Waals surface area (Å²) >= 11 is 0. The maximum atomic E-state index is 13.1. The Labute approximate surface area is 176 Å². The molecule has 0 unspecified atom stereocenters. The van der Waals surface area contributed by atoms with Gasteiger partial charge in [-0.2, -0.15) is 0 Å². The zero-order valence-corrected chi connectivity index (χ0v) is 17.3. The van der Waals surface area contributed by atoms with Gasteiger partial charge in [0.1, 0.15) is 0 Å². The minimum Gasteiger partial charge on any atom is -0.459 e. The summed E-state index contributed by atoms with van der Waals surface area (Å²) in [6.45, 7) is 4.96. The molecule has 1 N–H and O–H groups in total. The summed E-state index contributed by atoms with van der Waals surface area (Å²) < 4.78 is 5.10. The molecule has 1 heterocycles. The van der Waals surface area contributed by atoms with Crippen molar-refractivity contribution >= 4 is 17.5 Å². The number of hydrogen-bond acceptors (Lipinski definition) is 3. The molecule has 30 heavy (non-hydrogen) atoms. The van der Waals surface area contributed by atoms with Crippen molar-refractivity contribution in [2.45, 2.75) is 45.2 Å². The molecule has 3 aromatic rings. The van der Waals surface area contributed by atoms with Crippen LogP contribution in [0.15, 0.2) is 71.3 Å². The van der Waals surface area contributed by atoms with E-state index >= 15 is 0 Å². The van der Waals surface area contributed by atoms with Crippen molar-refractivity contribution in [2.24, 2.45) is 0 Å². The van der Waals surface area contributed by atoms with Crippen molar-refractivity contribution in [3.05, 3.63) is 89.4 Å². The molecule has 4 rings (SSSR count). The third-order valence-electron chi connectivity index (χ3n) is 5.38. The van der Waals surface area contributed by atoms with Gasteiger partial charge in [0.25, 0.3) is 11.8 Å². The van der Waals surface area contributed by atoms with E-state index in [9.17, 15) is 9.59 Å². The van der Waals surface area contributed by atoms with Crippen LogP contribution in [-0.2, 0) is 6.54 Å². The molecule has 0 saturated heterocycles. The van der Waals surface area contributed by atoms with Crippen molar-refractivity contribution in [2.75, 3.05) is 5.32 Å². The SMILES string of the molecule is CC(C)c1ccc(CN(C(=O)c2ccc(NC(=O)c3ccco3)cc2)C2CC2)cc1. The highest BCUT2D eigenvalue weighted by Gasteiger charge is 2.33. The maximum absolute atomic E-state index is 13.1. The number of carbonyl (C=O) groups is 2. The Bertz CT molecular complexity index is 1000. The van der Waals surface area contributed by atoms with Gasteiger partial charge in [-0.15, -0.1) is 0 Å². The van der Waals surface area contributed by atoms with E-state index in [1.54, 1.807) is 36.4 Å². The van der Waals surface area contributed by atoms with E-state index in [1.165, 1.54) is 11.8 Å². The molecule has 0 spiro atoms. The van der Waals surface area contributed by atoms with Gasteiger partial charge in [0.15, 0.2) is 5.76 Å². The summed E-state index contributed by atoms with van der Waals surface area (Å²) in [5.41, 5.74) is 3.68. The molecule has 5 nitrogen and oxygen atoms in total. The lowest BCUT2D eigenvalue weighted by Crippen LogP contribution is -2.32. The van der Waals surface area contributed by atoms with Gasteiger partial charge >= 0.3 is 0 Å². The molecule has 1 aliphatic rings. The molecule has 2 amide bonds. The molecular weight excluding hydrogens is 376 g/mol. The number of nitrogens with zero attached hydrogens (tertiary/aromatic N) is 1. The second-order valence-corrected chi connectivity index (χ2v) is 8.07. The van der Waals surface area contributed by atoms with Crippen molar-refractivity contribution in [1.29, 1.82) is 0 Å². The highest BCUT2D eigenvalue weighted by Crippen LogP contribution is 2.30. The van der Waals surface area contributed by atoms with Crippen LogP contribution in [0.2, 0.25) is 0 Å². The number of hydrogen-bond donors (Lipinski definition) is 1. The number of amides is 2. The minimum atomic E-state index is -0.316. The molecule has 0 atom stereocenters. The third-order valence-corrected chi connectivity index (χ3v) is 5.38. The number of anilines is 1. The monoisotopic (exact) mass is 402 g/mol. The van der Waals surface area contributed by atoms with E-state index in [0.29, 0.717) is 29.8 Å². The number of rotatable bonds is 7. The van der Waals surface area contributed by atoms with Gasteiger partial charge in [-0.05, 0) is 66.3 Å². The lowest BCUT2D eigenvalue weighted by molar-refractivity contribution is 0.0730. The molecule has 5 heteroatoms. The first kappa shape index (κ1) is 20.0. The van der Waals surface area contributed by atoms with Crippen LogP contribution in [0.4, 0.5) is 5.69 Å². The van der Waals surface area contributed by atoms with Crippen LogP contribution in [0.5, 0.6) is 0 Å². The average Bonchev–Trinajstić information content (AvgIpc) is 3.44. The lowest BCUT2D eigenvalue weighted by atomic mass is 10.0. The Morgan fingerprint density at radius 2 is 1.73 bits per heavy atom. The molecule has 0 radical (unpaired) electrons. The quantitative estimate of drug-likeness (QED) is 0.571. The summed E-state index contributed by atoms with van der Waals surface area (Å²) in [6.07, 6.45) is 3.56. The standard InChI is InChI=1S/C25H26N2O3/c1-17(2)19-7-5-18(6-8-19)16-27(22-13-14-22)25(29)20-9-11-21(12-10-20)26-24(28)23-4-3-15-30-23/h3-12,15,17,22H,13-14,16H2,1-2H3,(H,26,28). The fraction of sp³-hybridized carbons (Fsp3) is 0.280. The number of nitrogens with one attached hydrogen (secondary N) is 1. The van der Waals surface area contributed by atoms with Gasteiger partial charge < -0.3 is 14.6 Å². The molecule has 1 fully saturated rings. The van der Waals surface area contributed by atoms with E-state index in [-0.39, 0.29) is 17.6 Å². The van der Waals surface area contributed by atoms with Crippen LogP contribution in [0.25, 0.3) is 0 Å². The van der Waals surface area contributed by atoms with Gasteiger partial charge in [0.2, 0.25) is 0 Å². The van der Waals surface area contributed by atoms with Crippen LogP contribution in [0, 0.1) is 0 Å². The van der Waals surface area contributed by atoms with Gasteiger partial charge in [-0.1, -0.05) is 38.1 Å². The zero-order valence-electron chi connectivity index (χ0n) is 17.3. The van der Waals surface area contributed by atoms with Crippen molar-refractivity contribution in [3.8, 4) is 0 Å². The first-order valence-corrected chi connectivity index (χ1v) is 10.4. The van der Waals surface area contributed by atoms with Gasteiger partial charge in [-0.25, -0.2) is 0 Å². The number of furan rings is 1. The Morgan fingerprint density at radius 3 is 2.30 bits per heavy atom. The molecular formula is C25H26N2O3. The zero-order chi connectivity index (χ0) is 21.1. The molecule has 0 aliphatic heterocycles. The van der Waals surface area contributed by atoms with E-state index < -0.39 is 0 Å². The van der Waals surface area contributed by atoms with E-state index in [4.69, 9.17) is 4.42 Å². The van der Waals surface area contributed by atoms with Crippen LogP contribution in [0.3, 0.4) is 0 Å². The van der Waals surface area contributed by atoms with Crippen LogP contribution in [0.1, 0.15) is 64.6 Å². The molecule has 154 valence electrons. The molecule has 1 saturated carbocycles. The highest BCUT2D eigenvalue weighted by molar-refractivity contribution is 6.02. The second kappa shape index (κ2) is 8.57. The largest absolute Gasteiger partial charge is 0.459 e. The Hall–Kier alpha value is -3.34. The molecule has 0 bridgehead atoms. The normalized spacial score (nSPS) is 13.3. The molecule has 2 aromatic carbocycles. The van der Waals surface area contributed by atoms with Crippen LogP contribution in [-0.4, -0.2) is 22.8 Å². The number of carbonyl (C=O) groups excluding carboxylic acids is 2. The van der Waals surface area contributed by atoms with E-state index in [2.05, 4.69) is 43.4 Å². The van der Waals surface area contributed by atoms with E-state index in [1.807, 2.05) is 4.90 Å². The fourth-order valence-electron chi connectivity index (χ4n) is 3.42. The predicted octanol–water partition coefficient (Wildman–Crippen LogP) is 5.46. The number of benzene rings is 2. The lowest BCUT2D eigenvalue weighted by Gasteiger charge is -2.23. The van der Waals surface area contributed by atoms with Gasteiger partial charge in [-0.3, -0.25) is 9.59 Å². The van der Waals surface area contributed by atoms with Crippen LogP contribution < -0.4 is 5.32 Å². The highest BCUT2D eigenvalue weighted by atomic mass is 16.3. The molecule has 1 aromatic heterocycles. The Kier molecular flexibility index (Phi) is 5.70. The van der Waals surface area contributed by atoms with Gasteiger partial charge in [0.05, 0.1) is 6.26 Å². The summed E-state index contributed by atoms with van der Waals surface area (Å²) in [5.74, 6) is 0.448. The van der Waals surface area contributed by atoms with Crippen LogP contribution >= 0.6 is 0 Å². The third kappa shape index (κ3) is 4.62. The summed E-state index contributed by atoms with van der Waals surface area (Å²) in [5, 5.41) is 2.77. The average molecular weight is 402 g/mol. The predicted molar refractivity (Wildman–Crippen MR) is 117 cm³/mol. The topological polar surface area (TPSA) is 62.6 Å². The summed E-state index contributed by atoms with van der Waals surface area (Å²) in [4.78, 5) is 27.2. The first-order chi connectivity index (χ1) is 14.5. The minimum absolute atomic E-state index is 0.0225. The van der Waals surface area contributed by atoms with E-state index in [0.717, 1.165) is 18.4 Å².